The van der Waals surface area contributed by atoms with E-state index < -0.39 is 5.82 Å². The second-order valence-corrected chi connectivity index (χ2v) is 4.81. The predicted molar refractivity (Wildman–Crippen MR) is 72.0 cm³/mol. The molecule has 2 rings (SSSR count). The molecule has 0 saturated heterocycles. The van der Waals surface area contributed by atoms with Crippen LogP contribution in [0.15, 0.2) is 35.1 Å². The van der Waals surface area contributed by atoms with Crippen LogP contribution in [0.4, 0.5) is 4.39 Å². The van der Waals surface area contributed by atoms with Gasteiger partial charge in [-0.1, -0.05) is 0 Å². The van der Waals surface area contributed by atoms with Gasteiger partial charge in [-0.2, -0.15) is 0 Å². The van der Waals surface area contributed by atoms with E-state index in [0.29, 0.717) is 10.2 Å². The highest BCUT2D eigenvalue weighted by molar-refractivity contribution is 9.10. The second-order valence-electron chi connectivity index (χ2n) is 3.96. The van der Waals surface area contributed by atoms with Crippen LogP contribution in [0.25, 0.3) is 0 Å². The molecule has 4 nitrogen and oxygen atoms in total. The molecular weight excluding hydrogens is 313 g/mol. The maximum absolute atomic E-state index is 13.1. The number of carbonyl (C=O) groups is 1. The lowest BCUT2D eigenvalue weighted by Crippen LogP contribution is -2.24. The molecule has 0 spiro atoms. The molecule has 0 saturated carbocycles. The van der Waals surface area contributed by atoms with Gasteiger partial charge in [0, 0.05) is 10.7 Å². The minimum atomic E-state index is -0.455. The number of rotatable bonds is 3. The van der Waals surface area contributed by atoms with Crippen molar-refractivity contribution >= 4 is 21.8 Å². The Kier molecular flexibility index (Phi) is 4.21. The molecule has 2 aromatic rings. The van der Waals surface area contributed by atoms with Crippen LogP contribution in [-0.2, 0) is 6.54 Å². The van der Waals surface area contributed by atoms with Crippen molar-refractivity contribution in [3.8, 4) is 0 Å². The first-order chi connectivity index (χ1) is 9.06. The third-order valence-electron chi connectivity index (χ3n) is 2.44. The maximum Gasteiger partial charge on any atom is 0.252 e. The summed E-state index contributed by atoms with van der Waals surface area (Å²) in [4.78, 5) is 20.1. The van der Waals surface area contributed by atoms with Crippen LogP contribution in [0.1, 0.15) is 21.7 Å². The molecule has 0 aliphatic heterocycles. The first kappa shape index (κ1) is 13.6. The Bertz CT molecular complexity index is 601. The molecule has 1 N–H and O–H groups in total. The van der Waals surface area contributed by atoms with Gasteiger partial charge in [0.15, 0.2) is 0 Å². The van der Waals surface area contributed by atoms with Gasteiger partial charge in [0.25, 0.3) is 5.91 Å². The van der Waals surface area contributed by atoms with Gasteiger partial charge in [0.2, 0.25) is 0 Å². The molecule has 1 heterocycles. The molecule has 0 radical (unpaired) electrons. The zero-order chi connectivity index (χ0) is 13.8. The standard InChI is InChI=1S/C13H11BrFN3O/c1-8-5-17-10(6-16-8)7-18-13(19)11-4-9(15)2-3-12(11)14/h2-6H,7H2,1H3,(H,18,19). The van der Waals surface area contributed by atoms with Crippen molar-refractivity contribution in [1.29, 1.82) is 0 Å². The zero-order valence-corrected chi connectivity index (χ0v) is 11.7. The first-order valence-electron chi connectivity index (χ1n) is 5.57. The van der Waals surface area contributed by atoms with E-state index in [4.69, 9.17) is 0 Å². The predicted octanol–water partition coefficient (Wildman–Crippen LogP) is 2.62. The monoisotopic (exact) mass is 323 g/mol. The lowest BCUT2D eigenvalue weighted by Gasteiger charge is -2.06. The number of aryl methyl sites for hydroxylation is 1. The number of hydrogen-bond donors (Lipinski definition) is 1. The summed E-state index contributed by atoms with van der Waals surface area (Å²) in [5, 5.41) is 2.66. The molecular formula is C13H11BrFN3O. The molecule has 0 bridgehead atoms. The largest absolute Gasteiger partial charge is 0.346 e. The quantitative estimate of drug-likeness (QED) is 0.944. The number of aromatic nitrogens is 2. The average molecular weight is 324 g/mol. The van der Waals surface area contributed by atoms with Crippen molar-refractivity contribution in [2.45, 2.75) is 13.5 Å². The van der Waals surface area contributed by atoms with E-state index in [1.165, 1.54) is 18.2 Å². The van der Waals surface area contributed by atoms with Crippen molar-refractivity contribution in [3.63, 3.8) is 0 Å². The summed E-state index contributed by atoms with van der Waals surface area (Å²) in [5.74, 6) is -0.822. The summed E-state index contributed by atoms with van der Waals surface area (Å²) in [6, 6.07) is 3.96. The van der Waals surface area contributed by atoms with Gasteiger partial charge in [-0.3, -0.25) is 14.8 Å². The third-order valence-corrected chi connectivity index (χ3v) is 3.13. The Morgan fingerprint density at radius 2 is 2.16 bits per heavy atom. The second kappa shape index (κ2) is 5.88. The molecule has 0 aliphatic rings. The SMILES string of the molecule is Cc1cnc(CNC(=O)c2cc(F)ccc2Br)cn1. The Hall–Kier alpha value is -1.82. The third kappa shape index (κ3) is 3.57. The summed E-state index contributed by atoms with van der Waals surface area (Å²) in [5.41, 5.74) is 1.70. The molecule has 1 aromatic heterocycles. The highest BCUT2D eigenvalue weighted by Crippen LogP contribution is 2.17. The first-order valence-corrected chi connectivity index (χ1v) is 6.36. The number of benzene rings is 1. The highest BCUT2D eigenvalue weighted by atomic mass is 79.9. The van der Waals surface area contributed by atoms with E-state index in [-0.39, 0.29) is 18.0 Å². The van der Waals surface area contributed by atoms with Crippen molar-refractivity contribution in [2.24, 2.45) is 0 Å². The van der Waals surface area contributed by atoms with E-state index >= 15 is 0 Å². The Morgan fingerprint density at radius 1 is 1.37 bits per heavy atom. The van der Waals surface area contributed by atoms with Gasteiger partial charge in [0.05, 0.1) is 29.7 Å². The van der Waals surface area contributed by atoms with Gasteiger partial charge >= 0.3 is 0 Å². The van der Waals surface area contributed by atoms with Crippen LogP contribution in [0, 0.1) is 12.7 Å². The number of nitrogens with zero attached hydrogens (tertiary/aromatic N) is 2. The van der Waals surface area contributed by atoms with Crippen molar-refractivity contribution in [1.82, 2.24) is 15.3 Å². The summed E-state index contributed by atoms with van der Waals surface area (Å²) >= 11 is 3.21. The number of amides is 1. The van der Waals surface area contributed by atoms with Gasteiger partial charge < -0.3 is 5.32 Å². The molecule has 0 unspecified atom stereocenters. The smallest absolute Gasteiger partial charge is 0.252 e. The normalized spacial score (nSPS) is 10.3. The summed E-state index contributed by atoms with van der Waals surface area (Å²) in [6.07, 6.45) is 3.22. The number of nitrogens with one attached hydrogen (secondary N) is 1. The van der Waals surface area contributed by atoms with E-state index in [1.807, 2.05) is 6.92 Å². The molecule has 0 atom stereocenters. The van der Waals surface area contributed by atoms with E-state index in [2.05, 4.69) is 31.2 Å². The fourth-order valence-corrected chi connectivity index (χ4v) is 1.87. The van der Waals surface area contributed by atoms with Crippen LogP contribution >= 0.6 is 15.9 Å². The fraction of sp³-hybridized carbons (Fsp3) is 0.154. The molecule has 19 heavy (non-hydrogen) atoms. The van der Waals surface area contributed by atoms with Crippen LogP contribution in [-0.4, -0.2) is 15.9 Å². The number of halogens is 2. The minimum Gasteiger partial charge on any atom is -0.346 e. The summed E-state index contributed by atoms with van der Waals surface area (Å²) in [7, 11) is 0. The maximum atomic E-state index is 13.1. The Morgan fingerprint density at radius 3 is 2.84 bits per heavy atom. The molecule has 0 fully saturated rings. The molecule has 98 valence electrons. The van der Waals surface area contributed by atoms with Gasteiger partial charge in [-0.25, -0.2) is 4.39 Å². The number of carbonyl (C=O) groups excluding carboxylic acids is 1. The molecule has 0 aliphatic carbocycles. The fourth-order valence-electron chi connectivity index (χ4n) is 1.45. The lowest BCUT2D eigenvalue weighted by atomic mass is 10.2. The average Bonchev–Trinajstić information content (AvgIpc) is 2.40. The van der Waals surface area contributed by atoms with Gasteiger partial charge in [0.1, 0.15) is 5.82 Å². The molecule has 1 aromatic carbocycles. The zero-order valence-electron chi connectivity index (χ0n) is 10.2. The molecule has 1 amide bonds. The summed E-state index contributed by atoms with van der Waals surface area (Å²) in [6.45, 7) is 2.08. The van der Waals surface area contributed by atoms with E-state index in [0.717, 1.165) is 5.69 Å². The van der Waals surface area contributed by atoms with Crippen LogP contribution in [0.2, 0.25) is 0 Å². The minimum absolute atomic E-state index is 0.245. The van der Waals surface area contributed by atoms with Crippen molar-refractivity contribution < 1.29 is 9.18 Å². The highest BCUT2D eigenvalue weighted by Gasteiger charge is 2.11. The van der Waals surface area contributed by atoms with E-state index in [1.54, 1.807) is 12.4 Å². The lowest BCUT2D eigenvalue weighted by molar-refractivity contribution is 0.0949. The summed E-state index contributed by atoms with van der Waals surface area (Å²) < 4.78 is 13.6. The van der Waals surface area contributed by atoms with Crippen LogP contribution in [0.5, 0.6) is 0 Å². The number of hydrogen-bond acceptors (Lipinski definition) is 3. The van der Waals surface area contributed by atoms with Crippen molar-refractivity contribution in [2.75, 3.05) is 0 Å². The Labute approximate surface area is 118 Å². The molecule has 6 heteroatoms. The van der Waals surface area contributed by atoms with E-state index in [9.17, 15) is 9.18 Å². The van der Waals surface area contributed by atoms with Crippen LogP contribution in [0.3, 0.4) is 0 Å². The van der Waals surface area contributed by atoms with Crippen molar-refractivity contribution in [3.05, 3.63) is 57.8 Å². The Balaban J connectivity index is 2.05. The topological polar surface area (TPSA) is 54.9 Å². The van der Waals surface area contributed by atoms with Gasteiger partial charge in [-0.15, -0.1) is 0 Å². The van der Waals surface area contributed by atoms with Gasteiger partial charge in [-0.05, 0) is 41.1 Å². The van der Waals surface area contributed by atoms with Crippen LogP contribution < -0.4 is 5.32 Å².